The minimum Gasteiger partial charge on any atom is -0.604 e. The molecule has 0 spiro atoms. The summed E-state index contributed by atoms with van der Waals surface area (Å²) in [6.45, 7) is 4.88. The van der Waals surface area contributed by atoms with E-state index in [2.05, 4.69) is 15.0 Å². The van der Waals surface area contributed by atoms with E-state index in [-0.39, 0.29) is 0 Å². The zero-order valence-electron chi connectivity index (χ0n) is 16.2. The lowest BCUT2D eigenvalue weighted by molar-refractivity contribution is 0.288. The van der Waals surface area contributed by atoms with Crippen LogP contribution in [0.2, 0.25) is 0 Å². The Morgan fingerprint density at radius 1 is 0.966 bits per heavy atom. The molecule has 4 aromatic rings. The standard InChI is InChI=1S/C22H21N3O3S/c1-3-27-19-13-17-18(14-20(19)28-4-2)25-22(24-17)29(26)21-11-6-5-9-15(21)16-10-7-8-12-23-16/h5-14H,3-4H2,1-2H3,(H,24,25). The van der Waals surface area contributed by atoms with E-state index in [0.717, 1.165) is 16.8 Å². The topological polar surface area (TPSA) is 83.1 Å². The Balaban J connectivity index is 1.76. The van der Waals surface area contributed by atoms with Crippen LogP contribution in [0.25, 0.3) is 22.3 Å². The highest BCUT2D eigenvalue weighted by Crippen LogP contribution is 2.34. The molecule has 0 saturated carbocycles. The molecule has 1 N–H and O–H groups in total. The van der Waals surface area contributed by atoms with Crippen molar-refractivity contribution < 1.29 is 14.0 Å². The monoisotopic (exact) mass is 407 g/mol. The third-order valence-corrected chi connectivity index (χ3v) is 5.63. The number of pyridine rings is 1. The van der Waals surface area contributed by atoms with Crippen molar-refractivity contribution >= 4 is 22.2 Å². The molecule has 2 heterocycles. The maximum atomic E-state index is 13.4. The summed E-state index contributed by atoms with van der Waals surface area (Å²) in [4.78, 5) is 12.8. The normalized spacial score (nSPS) is 12.1. The Bertz CT molecular complexity index is 1070. The quantitative estimate of drug-likeness (QED) is 0.453. The molecule has 6 nitrogen and oxygen atoms in total. The van der Waals surface area contributed by atoms with Gasteiger partial charge in [0.05, 0.1) is 46.7 Å². The molecule has 7 heteroatoms. The van der Waals surface area contributed by atoms with Crippen LogP contribution in [0.1, 0.15) is 13.8 Å². The van der Waals surface area contributed by atoms with Crippen molar-refractivity contribution in [2.24, 2.45) is 0 Å². The summed E-state index contributed by atoms with van der Waals surface area (Å²) in [7, 11) is 0. The van der Waals surface area contributed by atoms with Crippen molar-refractivity contribution in [1.29, 1.82) is 0 Å². The SMILES string of the molecule is CCOc1cc2nc([S+]([O-])c3ccccc3-c3ccccn3)[nH]c2cc1OCC. The second kappa shape index (κ2) is 8.55. The molecule has 0 aliphatic heterocycles. The number of nitrogens with one attached hydrogen (secondary N) is 1. The van der Waals surface area contributed by atoms with E-state index in [1.54, 1.807) is 6.20 Å². The highest BCUT2D eigenvalue weighted by Gasteiger charge is 2.24. The molecule has 1 unspecified atom stereocenters. The van der Waals surface area contributed by atoms with Crippen molar-refractivity contribution in [3.05, 3.63) is 60.8 Å². The molecule has 0 aliphatic rings. The Kier molecular flexibility index (Phi) is 5.69. The van der Waals surface area contributed by atoms with Crippen molar-refractivity contribution in [3.8, 4) is 22.8 Å². The lowest BCUT2D eigenvalue weighted by atomic mass is 10.1. The number of hydrogen-bond donors (Lipinski definition) is 1. The first-order valence-corrected chi connectivity index (χ1v) is 10.6. The number of hydrogen-bond acceptors (Lipinski definition) is 5. The van der Waals surface area contributed by atoms with Crippen molar-refractivity contribution in [1.82, 2.24) is 15.0 Å². The first-order valence-electron chi connectivity index (χ1n) is 9.42. The van der Waals surface area contributed by atoms with Crippen molar-refractivity contribution in [3.63, 3.8) is 0 Å². The summed E-state index contributed by atoms with van der Waals surface area (Å²) in [5.41, 5.74) is 3.01. The lowest BCUT2D eigenvalue weighted by Crippen LogP contribution is -2.06. The van der Waals surface area contributed by atoms with Gasteiger partial charge < -0.3 is 14.0 Å². The van der Waals surface area contributed by atoms with Crippen LogP contribution in [0, 0.1) is 0 Å². The summed E-state index contributed by atoms with van der Waals surface area (Å²) in [5.74, 6) is 1.26. The number of fused-ring (bicyclic) bond motifs is 1. The van der Waals surface area contributed by atoms with Gasteiger partial charge in [0.25, 0.3) is 0 Å². The first-order chi connectivity index (χ1) is 14.2. The minimum atomic E-state index is -1.50. The number of nitrogens with zero attached hydrogens (tertiary/aromatic N) is 2. The Morgan fingerprint density at radius 3 is 2.41 bits per heavy atom. The van der Waals surface area contributed by atoms with Crippen LogP contribution in [0.15, 0.2) is 70.8 Å². The van der Waals surface area contributed by atoms with Gasteiger partial charge in [-0.15, -0.1) is 0 Å². The third kappa shape index (κ3) is 3.92. The van der Waals surface area contributed by atoms with Gasteiger partial charge in [-0.2, -0.15) is 4.98 Å². The Morgan fingerprint density at radius 2 is 1.69 bits per heavy atom. The second-order valence-corrected chi connectivity index (χ2v) is 7.57. The van der Waals surface area contributed by atoms with E-state index in [4.69, 9.17) is 9.47 Å². The molecule has 0 amide bonds. The average Bonchev–Trinajstić information content (AvgIpc) is 3.17. The van der Waals surface area contributed by atoms with E-state index in [0.29, 0.717) is 40.3 Å². The van der Waals surface area contributed by atoms with Crippen LogP contribution in [-0.4, -0.2) is 32.7 Å². The van der Waals surface area contributed by atoms with Crippen LogP contribution in [0.4, 0.5) is 0 Å². The summed E-state index contributed by atoms with van der Waals surface area (Å²) in [5, 5.41) is 0.375. The third-order valence-electron chi connectivity index (χ3n) is 4.33. The van der Waals surface area contributed by atoms with Gasteiger partial charge in [-0.1, -0.05) is 18.2 Å². The molecule has 4 rings (SSSR count). The van der Waals surface area contributed by atoms with E-state index in [1.165, 1.54) is 0 Å². The van der Waals surface area contributed by atoms with Crippen molar-refractivity contribution in [2.45, 2.75) is 23.9 Å². The van der Waals surface area contributed by atoms with Crippen LogP contribution < -0.4 is 9.47 Å². The van der Waals surface area contributed by atoms with E-state index >= 15 is 0 Å². The molecular weight excluding hydrogens is 386 g/mol. The molecule has 148 valence electrons. The molecule has 0 aliphatic carbocycles. The zero-order valence-corrected chi connectivity index (χ0v) is 17.0. The molecule has 0 fully saturated rings. The average molecular weight is 407 g/mol. The van der Waals surface area contributed by atoms with Crippen LogP contribution in [0.5, 0.6) is 11.5 Å². The molecule has 0 bridgehead atoms. The van der Waals surface area contributed by atoms with Gasteiger partial charge in [0.2, 0.25) is 0 Å². The van der Waals surface area contributed by atoms with Gasteiger partial charge in [0, 0.05) is 18.3 Å². The number of aromatic amines is 1. The highest BCUT2D eigenvalue weighted by atomic mass is 32.2. The number of rotatable bonds is 7. The fourth-order valence-corrected chi connectivity index (χ4v) is 4.25. The molecule has 2 aromatic carbocycles. The number of aromatic nitrogens is 3. The van der Waals surface area contributed by atoms with E-state index in [1.807, 2.05) is 68.4 Å². The Hall–Kier alpha value is -3.03. The molecule has 1 atom stereocenters. The molecule has 2 aromatic heterocycles. The predicted molar refractivity (Wildman–Crippen MR) is 113 cm³/mol. The number of imidazole rings is 1. The second-order valence-electron chi connectivity index (χ2n) is 6.20. The first kappa shape index (κ1) is 19.3. The van der Waals surface area contributed by atoms with E-state index in [9.17, 15) is 4.55 Å². The molecule has 29 heavy (non-hydrogen) atoms. The highest BCUT2D eigenvalue weighted by molar-refractivity contribution is 7.91. The minimum absolute atomic E-state index is 0.375. The molecular formula is C22H21N3O3S. The number of ether oxygens (including phenoxy) is 2. The van der Waals surface area contributed by atoms with Gasteiger partial charge in [0.15, 0.2) is 16.4 Å². The lowest BCUT2D eigenvalue weighted by Gasteiger charge is -2.10. The van der Waals surface area contributed by atoms with Gasteiger partial charge in [-0.25, -0.2) is 0 Å². The largest absolute Gasteiger partial charge is 0.604 e. The number of benzene rings is 2. The summed E-state index contributed by atoms with van der Waals surface area (Å²) in [6.07, 6.45) is 1.72. The maximum absolute atomic E-state index is 13.4. The molecule has 0 saturated heterocycles. The number of H-pyrrole nitrogens is 1. The van der Waals surface area contributed by atoms with Crippen LogP contribution in [0.3, 0.4) is 0 Å². The fraction of sp³-hybridized carbons (Fsp3) is 0.182. The van der Waals surface area contributed by atoms with Crippen LogP contribution >= 0.6 is 0 Å². The van der Waals surface area contributed by atoms with Crippen LogP contribution in [-0.2, 0) is 11.2 Å². The summed E-state index contributed by atoms with van der Waals surface area (Å²) >= 11 is -1.50. The zero-order chi connectivity index (χ0) is 20.2. The smallest absolute Gasteiger partial charge is 0.327 e. The van der Waals surface area contributed by atoms with Gasteiger partial charge in [0.1, 0.15) is 0 Å². The summed E-state index contributed by atoms with van der Waals surface area (Å²) in [6, 6.07) is 16.8. The van der Waals surface area contributed by atoms with Gasteiger partial charge in [-0.3, -0.25) is 9.97 Å². The predicted octanol–water partition coefficient (Wildman–Crippen LogP) is 4.59. The van der Waals surface area contributed by atoms with Gasteiger partial charge in [-0.05, 0) is 38.1 Å². The maximum Gasteiger partial charge on any atom is 0.327 e. The van der Waals surface area contributed by atoms with Gasteiger partial charge >= 0.3 is 5.16 Å². The Labute approximate surface area is 172 Å². The van der Waals surface area contributed by atoms with Crippen molar-refractivity contribution in [2.75, 3.05) is 13.2 Å². The molecule has 0 radical (unpaired) electrons. The fourth-order valence-electron chi connectivity index (χ4n) is 3.08. The van der Waals surface area contributed by atoms with E-state index < -0.39 is 11.2 Å². The summed E-state index contributed by atoms with van der Waals surface area (Å²) < 4.78 is 24.7.